The molecule has 2 aromatic carbocycles. The SMILES string of the molecule is COc1ccc2cc([C@H](C)C(=O)N3C=C(F)C(=O)CC3=O)ccc2c1. The molecule has 1 heterocycles. The highest BCUT2D eigenvalue weighted by Gasteiger charge is 2.32. The predicted molar refractivity (Wildman–Crippen MR) is 89.6 cm³/mol. The van der Waals surface area contributed by atoms with Crippen LogP contribution in [0.4, 0.5) is 4.39 Å². The average Bonchev–Trinajstić information content (AvgIpc) is 2.62. The second kappa shape index (κ2) is 6.47. The Bertz CT molecular complexity index is 919. The highest BCUT2D eigenvalue weighted by Crippen LogP contribution is 2.27. The molecular formula is C19H16FNO4. The number of hydrogen-bond donors (Lipinski definition) is 0. The maximum Gasteiger partial charge on any atom is 0.241 e. The Balaban J connectivity index is 1.91. The van der Waals surface area contributed by atoms with Crippen molar-refractivity contribution in [3.8, 4) is 5.75 Å². The van der Waals surface area contributed by atoms with Gasteiger partial charge in [0.2, 0.25) is 17.6 Å². The van der Waals surface area contributed by atoms with Crippen molar-refractivity contribution < 1.29 is 23.5 Å². The number of benzene rings is 2. The molecule has 0 bridgehead atoms. The van der Waals surface area contributed by atoms with Crippen molar-refractivity contribution in [3.05, 3.63) is 54.0 Å². The number of carbonyl (C=O) groups excluding carboxylic acids is 3. The number of halogens is 1. The van der Waals surface area contributed by atoms with Gasteiger partial charge in [-0.05, 0) is 35.4 Å². The number of carbonyl (C=O) groups is 3. The van der Waals surface area contributed by atoms with Crippen molar-refractivity contribution >= 4 is 28.4 Å². The lowest BCUT2D eigenvalue weighted by Crippen LogP contribution is -2.39. The number of amides is 2. The number of allylic oxidation sites excluding steroid dienone is 1. The van der Waals surface area contributed by atoms with Gasteiger partial charge in [-0.3, -0.25) is 19.3 Å². The first-order valence-electron chi connectivity index (χ1n) is 7.75. The van der Waals surface area contributed by atoms with Gasteiger partial charge in [0, 0.05) is 0 Å². The third-order valence-electron chi connectivity index (χ3n) is 4.27. The topological polar surface area (TPSA) is 63.7 Å². The third-order valence-corrected chi connectivity index (χ3v) is 4.27. The van der Waals surface area contributed by atoms with Crippen LogP contribution >= 0.6 is 0 Å². The molecule has 0 saturated carbocycles. The van der Waals surface area contributed by atoms with E-state index in [0.29, 0.717) is 16.7 Å². The van der Waals surface area contributed by atoms with E-state index in [9.17, 15) is 18.8 Å². The molecule has 3 rings (SSSR count). The van der Waals surface area contributed by atoms with E-state index in [4.69, 9.17) is 4.74 Å². The summed E-state index contributed by atoms with van der Waals surface area (Å²) in [5.41, 5.74) is 0.696. The van der Waals surface area contributed by atoms with Gasteiger partial charge in [0.05, 0.1) is 25.6 Å². The van der Waals surface area contributed by atoms with Crippen LogP contribution in [0.5, 0.6) is 5.75 Å². The van der Waals surface area contributed by atoms with E-state index < -0.39 is 35.8 Å². The van der Waals surface area contributed by atoms with E-state index in [1.165, 1.54) is 0 Å². The largest absolute Gasteiger partial charge is 0.497 e. The number of hydrogen-bond acceptors (Lipinski definition) is 4. The number of Topliss-reactive ketones (excluding diaryl/α,β-unsaturated/α-hetero) is 1. The van der Waals surface area contributed by atoms with Crippen molar-refractivity contribution in [1.82, 2.24) is 4.90 Å². The molecule has 0 N–H and O–H groups in total. The minimum atomic E-state index is -1.08. The minimum Gasteiger partial charge on any atom is -0.497 e. The van der Waals surface area contributed by atoms with Gasteiger partial charge in [-0.15, -0.1) is 0 Å². The first-order chi connectivity index (χ1) is 11.9. The van der Waals surface area contributed by atoms with E-state index in [1.54, 1.807) is 20.1 Å². The molecule has 1 aliphatic rings. The summed E-state index contributed by atoms with van der Waals surface area (Å²) < 4.78 is 18.6. The first kappa shape index (κ1) is 16.8. The van der Waals surface area contributed by atoms with Crippen molar-refractivity contribution in [1.29, 1.82) is 0 Å². The fraction of sp³-hybridized carbons (Fsp3) is 0.211. The molecule has 0 spiro atoms. The highest BCUT2D eigenvalue weighted by molar-refractivity contribution is 6.13. The Hall–Kier alpha value is -3.02. The van der Waals surface area contributed by atoms with E-state index in [1.807, 2.05) is 30.3 Å². The number of ether oxygens (including phenoxy) is 1. The fourth-order valence-electron chi connectivity index (χ4n) is 2.74. The van der Waals surface area contributed by atoms with Gasteiger partial charge in [-0.2, -0.15) is 0 Å². The van der Waals surface area contributed by atoms with Gasteiger partial charge < -0.3 is 4.74 Å². The standard InChI is InChI=1S/C19H16FNO4/c1-11(19(24)21-10-16(20)17(22)9-18(21)23)12-3-4-14-8-15(25-2)6-5-13(14)7-12/h3-8,10-11H,9H2,1-2H3/t11-/m0/s1. The van der Waals surface area contributed by atoms with Crippen LogP contribution in [0.3, 0.4) is 0 Å². The molecule has 0 aromatic heterocycles. The molecule has 0 fully saturated rings. The van der Waals surface area contributed by atoms with Crippen molar-refractivity contribution in [2.75, 3.05) is 7.11 Å². The Morgan fingerprint density at radius 1 is 1.16 bits per heavy atom. The number of ketones is 1. The maximum atomic E-state index is 13.5. The minimum absolute atomic E-state index is 0.569. The Morgan fingerprint density at radius 2 is 1.84 bits per heavy atom. The number of nitrogens with zero attached hydrogens (tertiary/aromatic N) is 1. The Labute approximate surface area is 143 Å². The molecule has 6 heteroatoms. The van der Waals surface area contributed by atoms with Crippen LogP contribution in [0.1, 0.15) is 24.8 Å². The first-order valence-corrected chi connectivity index (χ1v) is 7.75. The van der Waals surface area contributed by atoms with Crippen molar-refractivity contribution in [3.63, 3.8) is 0 Å². The van der Waals surface area contributed by atoms with E-state index in [0.717, 1.165) is 16.5 Å². The van der Waals surface area contributed by atoms with Crippen LogP contribution in [0.15, 0.2) is 48.4 Å². The zero-order chi connectivity index (χ0) is 18.1. The van der Waals surface area contributed by atoms with Gasteiger partial charge >= 0.3 is 0 Å². The summed E-state index contributed by atoms with van der Waals surface area (Å²) in [7, 11) is 1.59. The summed E-state index contributed by atoms with van der Waals surface area (Å²) in [6, 6.07) is 11.1. The Morgan fingerprint density at radius 3 is 2.56 bits per heavy atom. The number of imide groups is 1. The highest BCUT2D eigenvalue weighted by atomic mass is 19.1. The van der Waals surface area contributed by atoms with E-state index in [2.05, 4.69) is 0 Å². The lowest BCUT2D eigenvalue weighted by atomic mass is 9.96. The zero-order valence-corrected chi connectivity index (χ0v) is 13.8. The molecular weight excluding hydrogens is 325 g/mol. The van der Waals surface area contributed by atoms with Gasteiger partial charge in [-0.1, -0.05) is 24.3 Å². The second-order valence-corrected chi connectivity index (χ2v) is 5.87. The monoisotopic (exact) mass is 341 g/mol. The molecule has 0 unspecified atom stereocenters. The average molecular weight is 341 g/mol. The van der Waals surface area contributed by atoms with Crippen LogP contribution in [-0.4, -0.2) is 29.6 Å². The lowest BCUT2D eigenvalue weighted by Gasteiger charge is -2.23. The molecule has 1 atom stereocenters. The lowest BCUT2D eigenvalue weighted by molar-refractivity contribution is -0.144. The van der Waals surface area contributed by atoms with E-state index in [-0.39, 0.29) is 0 Å². The molecule has 25 heavy (non-hydrogen) atoms. The molecule has 1 aliphatic heterocycles. The zero-order valence-electron chi connectivity index (χ0n) is 13.8. The van der Waals surface area contributed by atoms with Gasteiger partial charge in [0.15, 0.2) is 5.83 Å². The van der Waals surface area contributed by atoms with Gasteiger partial charge in [0.25, 0.3) is 0 Å². The van der Waals surface area contributed by atoms with Crippen LogP contribution in [-0.2, 0) is 14.4 Å². The predicted octanol–water partition coefficient (Wildman–Crippen LogP) is 3.09. The quantitative estimate of drug-likeness (QED) is 0.805. The molecule has 0 aliphatic carbocycles. The smallest absolute Gasteiger partial charge is 0.241 e. The fourth-order valence-corrected chi connectivity index (χ4v) is 2.74. The molecule has 0 radical (unpaired) electrons. The van der Waals surface area contributed by atoms with E-state index >= 15 is 0 Å². The summed E-state index contributed by atoms with van der Waals surface area (Å²) in [5.74, 6) is -3.19. The number of methoxy groups -OCH3 is 1. The number of fused-ring (bicyclic) bond motifs is 1. The van der Waals surface area contributed by atoms with Gasteiger partial charge in [0.1, 0.15) is 5.75 Å². The van der Waals surface area contributed by atoms with Crippen LogP contribution < -0.4 is 4.74 Å². The summed E-state index contributed by atoms with van der Waals surface area (Å²) in [6.07, 6.45) is 0.0528. The van der Waals surface area contributed by atoms with Crippen LogP contribution in [0.25, 0.3) is 10.8 Å². The molecule has 5 nitrogen and oxygen atoms in total. The molecule has 2 amide bonds. The number of rotatable bonds is 3. The summed E-state index contributed by atoms with van der Waals surface area (Å²) in [4.78, 5) is 36.3. The molecule has 2 aromatic rings. The third kappa shape index (κ3) is 3.15. The second-order valence-electron chi connectivity index (χ2n) is 5.87. The van der Waals surface area contributed by atoms with Crippen molar-refractivity contribution in [2.24, 2.45) is 0 Å². The maximum absolute atomic E-state index is 13.5. The summed E-state index contributed by atoms with van der Waals surface area (Å²) in [6.45, 7) is 1.64. The summed E-state index contributed by atoms with van der Waals surface area (Å²) in [5, 5.41) is 1.87. The van der Waals surface area contributed by atoms with Crippen LogP contribution in [0, 0.1) is 0 Å². The van der Waals surface area contributed by atoms with Crippen molar-refractivity contribution in [2.45, 2.75) is 19.3 Å². The molecule has 0 saturated heterocycles. The van der Waals surface area contributed by atoms with Crippen LogP contribution in [0.2, 0.25) is 0 Å². The van der Waals surface area contributed by atoms with Gasteiger partial charge in [-0.25, -0.2) is 4.39 Å². The molecule has 128 valence electrons. The Kier molecular flexibility index (Phi) is 4.35. The normalized spacial score (nSPS) is 16.0. The summed E-state index contributed by atoms with van der Waals surface area (Å²) >= 11 is 0.